The standard InChI is InChI=1S/C13H10N2O4S/c16-13(17)10-4-5-14-12(7-10)20-8-9-2-1-3-11(6-9)15(18)19/h1-7H,8H2,(H,16,17). The number of carbonyl (C=O) groups is 1. The van der Waals surface area contributed by atoms with Crippen LogP contribution in [-0.4, -0.2) is 21.0 Å². The van der Waals surface area contributed by atoms with Crippen molar-refractivity contribution >= 4 is 23.4 Å². The van der Waals surface area contributed by atoms with Gasteiger partial charge in [-0.25, -0.2) is 9.78 Å². The van der Waals surface area contributed by atoms with E-state index >= 15 is 0 Å². The Morgan fingerprint density at radius 2 is 2.15 bits per heavy atom. The molecule has 0 radical (unpaired) electrons. The molecule has 0 bridgehead atoms. The van der Waals surface area contributed by atoms with E-state index in [4.69, 9.17) is 5.11 Å². The Morgan fingerprint density at radius 3 is 2.85 bits per heavy atom. The molecule has 0 aliphatic rings. The molecule has 1 heterocycles. The van der Waals surface area contributed by atoms with Crippen LogP contribution in [0.25, 0.3) is 0 Å². The maximum atomic E-state index is 10.8. The number of hydrogen-bond donors (Lipinski definition) is 1. The van der Waals surface area contributed by atoms with Gasteiger partial charge in [0.05, 0.1) is 15.5 Å². The predicted molar refractivity (Wildman–Crippen MR) is 73.9 cm³/mol. The van der Waals surface area contributed by atoms with E-state index in [1.807, 2.05) is 0 Å². The lowest BCUT2D eigenvalue weighted by molar-refractivity contribution is -0.384. The van der Waals surface area contributed by atoms with Crippen molar-refractivity contribution < 1.29 is 14.8 Å². The molecule has 6 nitrogen and oxygen atoms in total. The largest absolute Gasteiger partial charge is 0.478 e. The highest BCUT2D eigenvalue weighted by molar-refractivity contribution is 7.98. The number of thioether (sulfide) groups is 1. The third-order valence-corrected chi connectivity index (χ3v) is 3.49. The first kappa shape index (κ1) is 14.0. The van der Waals surface area contributed by atoms with E-state index in [9.17, 15) is 14.9 Å². The number of non-ortho nitro benzene ring substituents is 1. The fraction of sp³-hybridized carbons (Fsp3) is 0.0769. The Kier molecular flexibility index (Phi) is 4.31. The second kappa shape index (κ2) is 6.16. The lowest BCUT2D eigenvalue weighted by atomic mass is 10.2. The Bertz CT molecular complexity index is 603. The van der Waals surface area contributed by atoms with Crippen LogP contribution in [0.15, 0.2) is 47.6 Å². The molecule has 20 heavy (non-hydrogen) atoms. The maximum Gasteiger partial charge on any atom is 0.335 e. The molecular formula is C13H10N2O4S. The molecule has 1 aromatic carbocycles. The molecule has 0 unspecified atom stereocenters. The van der Waals surface area contributed by atoms with Crippen molar-refractivity contribution in [2.24, 2.45) is 0 Å². The Labute approximate surface area is 118 Å². The van der Waals surface area contributed by atoms with E-state index in [0.29, 0.717) is 10.8 Å². The van der Waals surface area contributed by atoms with E-state index in [1.165, 1.54) is 42.2 Å². The number of nitro benzene ring substituents is 1. The van der Waals surface area contributed by atoms with Gasteiger partial charge in [0.15, 0.2) is 0 Å². The average molecular weight is 290 g/mol. The fourth-order valence-corrected chi connectivity index (χ4v) is 2.38. The summed E-state index contributed by atoms with van der Waals surface area (Å²) in [6.45, 7) is 0. The highest BCUT2D eigenvalue weighted by atomic mass is 32.2. The molecule has 0 spiro atoms. The normalized spacial score (nSPS) is 10.2. The average Bonchev–Trinajstić information content (AvgIpc) is 2.45. The second-order valence-corrected chi connectivity index (χ2v) is 4.90. The van der Waals surface area contributed by atoms with Crippen LogP contribution >= 0.6 is 11.8 Å². The zero-order valence-corrected chi connectivity index (χ0v) is 11.0. The maximum absolute atomic E-state index is 10.8. The summed E-state index contributed by atoms with van der Waals surface area (Å²) in [5.74, 6) is -0.526. The number of pyridine rings is 1. The molecule has 0 amide bonds. The van der Waals surface area contributed by atoms with Crippen molar-refractivity contribution in [3.05, 3.63) is 63.8 Å². The summed E-state index contributed by atoms with van der Waals surface area (Å²) in [4.78, 5) is 25.1. The smallest absolute Gasteiger partial charge is 0.335 e. The minimum absolute atomic E-state index is 0.0374. The van der Waals surface area contributed by atoms with Gasteiger partial charge < -0.3 is 5.11 Å². The number of carboxylic acids is 1. The SMILES string of the molecule is O=C(O)c1ccnc(SCc2cccc([N+](=O)[O-])c2)c1. The molecule has 2 aromatic rings. The summed E-state index contributed by atoms with van der Waals surface area (Å²) in [5, 5.41) is 20.1. The van der Waals surface area contributed by atoms with Crippen molar-refractivity contribution in [2.75, 3.05) is 0 Å². The zero-order valence-electron chi connectivity index (χ0n) is 10.2. The van der Waals surface area contributed by atoms with E-state index < -0.39 is 10.9 Å². The number of benzene rings is 1. The molecule has 0 aliphatic heterocycles. The van der Waals surface area contributed by atoms with E-state index in [-0.39, 0.29) is 11.3 Å². The lowest BCUT2D eigenvalue weighted by Gasteiger charge is -2.02. The molecule has 7 heteroatoms. The van der Waals surface area contributed by atoms with Gasteiger partial charge >= 0.3 is 5.97 Å². The minimum atomic E-state index is -1.01. The van der Waals surface area contributed by atoms with Crippen LogP contribution in [0.1, 0.15) is 15.9 Å². The van der Waals surface area contributed by atoms with Crippen molar-refractivity contribution in [1.82, 2.24) is 4.98 Å². The minimum Gasteiger partial charge on any atom is -0.478 e. The third kappa shape index (κ3) is 3.55. The first-order valence-electron chi connectivity index (χ1n) is 5.62. The first-order chi connectivity index (χ1) is 9.56. The molecule has 2 rings (SSSR count). The molecule has 1 aromatic heterocycles. The van der Waals surface area contributed by atoms with E-state index in [1.54, 1.807) is 12.1 Å². The Balaban J connectivity index is 2.08. The number of hydrogen-bond acceptors (Lipinski definition) is 5. The second-order valence-electron chi connectivity index (χ2n) is 3.90. The van der Waals surface area contributed by atoms with Gasteiger partial charge in [-0.3, -0.25) is 10.1 Å². The monoisotopic (exact) mass is 290 g/mol. The van der Waals surface area contributed by atoms with Gasteiger partial charge in [-0.2, -0.15) is 0 Å². The van der Waals surface area contributed by atoms with Crippen LogP contribution in [0.4, 0.5) is 5.69 Å². The number of carboxylic acid groups (broad SMARTS) is 1. The van der Waals surface area contributed by atoms with Gasteiger partial charge in [0.25, 0.3) is 5.69 Å². The fourth-order valence-electron chi connectivity index (χ4n) is 1.54. The number of nitro groups is 1. The molecule has 0 atom stereocenters. The van der Waals surface area contributed by atoms with E-state index in [0.717, 1.165) is 5.56 Å². The highest BCUT2D eigenvalue weighted by Gasteiger charge is 2.08. The molecule has 0 aliphatic carbocycles. The molecular weight excluding hydrogens is 280 g/mol. The number of nitrogens with zero attached hydrogens (tertiary/aromatic N) is 2. The quantitative estimate of drug-likeness (QED) is 0.517. The summed E-state index contributed by atoms with van der Waals surface area (Å²) in [6.07, 6.45) is 1.43. The Morgan fingerprint density at radius 1 is 1.35 bits per heavy atom. The lowest BCUT2D eigenvalue weighted by Crippen LogP contribution is -1.96. The van der Waals surface area contributed by atoms with Crippen LogP contribution in [0.2, 0.25) is 0 Å². The van der Waals surface area contributed by atoms with Crippen LogP contribution in [-0.2, 0) is 5.75 Å². The van der Waals surface area contributed by atoms with Crippen molar-refractivity contribution in [3.8, 4) is 0 Å². The molecule has 0 saturated carbocycles. The summed E-state index contributed by atoms with van der Waals surface area (Å²) < 4.78 is 0. The van der Waals surface area contributed by atoms with Crippen LogP contribution in [0, 0.1) is 10.1 Å². The zero-order chi connectivity index (χ0) is 14.5. The van der Waals surface area contributed by atoms with Gasteiger partial charge in [0.1, 0.15) is 0 Å². The van der Waals surface area contributed by atoms with Gasteiger partial charge in [-0.15, -0.1) is 11.8 Å². The van der Waals surface area contributed by atoms with Gasteiger partial charge in [-0.1, -0.05) is 12.1 Å². The third-order valence-electron chi connectivity index (χ3n) is 2.49. The molecule has 0 saturated heterocycles. The van der Waals surface area contributed by atoms with Gasteiger partial charge in [-0.05, 0) is 17.7 Å². The van der Waals surface area contributed by atoms with Crippen molar-refractivity contribution in [1.29, 1.82) is 0 Å². The van der Waals surface area contributed by atoms with Gasteiger partial charge in [0.2, 0.25) is 0 Å². The number of aromatic nitrogens is 1. The summed E-state index contributed by atoms with van der Waals surface area (Å²) >= 11 is 1.33. The Hall–Kier alpha value is -2.41. The predicted octanol–water partition coefficient (Wildman–Crippen LogP) is 2.98. The summed E-state index contributed by atoms with van der Waals surface area (Å²) in [7, 11) is 0. The first-order valence-corrected chi connectivity index (χ1v) is 6.60. The number of rotatable bonds is 5. The summed E-state index contributed by atoms with van der Waals surface area (Å²) in [5.41, 5.74) is 0.989. The summed E-state index contributed by atoms with van der Waals surface area (Å²) in [6, 6.07) is 9.21. The number of aromatic carboxylic acids is 1. The van der Waals surface area contributed by atoms with Crippen LogP contribution in [0.5, 0.6) is 0 Å². The van der Waals surface area contributed by atoms with Crippen LogP contribution in [0.3, 0.4) is 0 Å². The van der Waals surface area contributed by atoms with Crippen molar-refractivity contribution in [3.63, 3.8) is 0 Å². The van der Waals surface area contributed by atoms with Gasteiger partial charge in [0, 0.05) is 24.1 Å². The molecule has 0 fully saturated rings. The molecule has 102 valence electrons. The van der Waals surface area contributed by atoms with E-state index in [2.05, 4.69) is 4.98 Å². The van der Waals surface area contributed by atoms with Crippen molar-refractivity contribution in [2.45, 2.75) is 10.8 Å². The highest BCUT2D eigenvalue weighted by Crippen LogP contribution is 2.23. The molecule has 1 N–H and O–H groups in total. The topological polar surface area (TPSA) is 93.3 Å². The van der Waals surface area contributed by atoms with Crippen LogP contribution < -0.4 is 0 Å².